The summed E-state index contributed by atoms with van der Waals surface area (Å²) in [5.74, 6) is 0.148. The smallest absolute Gasteiger partial charge is 0.219 e. The third kappa shape index (κ3) is 2.18. The molecule has 1 aliphatic heterocycles. The van der Waals surface area contributed by atoms with Crippen molar-refractivity contribution in [3.8, 4) is 0 Å². The summed E-state index contributed by atoms with van der Waals surface area (Å²) in [7, 11) is 0. The third-order valence-corrected chi connectivity index (χ3v) is 4.23. The van der Waals surface area contributed by atoms with Gasteiger partial charge in [0.15, 0.2) is 0 Å². The zero-order chi connectivity index (χ0) is 11.0. The number of hydrogen-bond acceptors (Lipinski definition) is 4. The van der Waals surface area contributed by atoms with Gasteiger partial charge in [-0.1, -0.05) is 0 Å². The average molecular weight is 242 g/mol. The van der Waals surface area contributed by atoms with Gasteiger partial charge in [-0.05, 0) is 6.92 Å². The molecule has 1 unspecified atom stereocenters. The fourth-order valence-electron chi connectivity index (χ4n) is 1.66. The number of rotatable bonds is 1. The van der Waals surface area contributed by atoms with Crippen molar-refractivity contribution in [1.29, 1.82) is 0 Å². The molecule has 0 saturated carbocycles. The average Bonchev–Trinajstić information content (AvgIpc) is 2.59. The number of carbonyl (C=O) groups excluding carboxylic acids is 1. The van der Waals surface area contributed by atoms with Crippen LogP contribution in [0.15, 0.2) is 0 Å². The molecule has 0 fully saturated rings. The van der Waals surface area contributed by atoms with Gasteiger partial charge in [-0.25, -0.2) is 4.98 Å². The van der Waals surface area contributed by atoms with Crippen LogP contribution in [0, 0.1) is 0 Å². The highest BCUT2D eigenvalue weighted by atomic mass is 32.1. The van der Waals surface area contributed by atoms with Crippen LogP contribution in [0.3, 0.4) is 0 Å². The molecular formula is C10H14N2OS2. The topological polar surface area (TPSA) is 33.2 Å². The predicted molar refractivity (Wildman–Crippen MR) is 64.3 cm³/mol. The molecule has 0 spiro atoms. The molecule has 15 heavy (non-hydrogen) atoms. The van der Waals surface area contributed by atoms with Crippen LogP contribution in [0.4, 0.5) is 0 Å². The number of aromatic nitrogens is 1. The lowest BCUT2D eigenvalue weighted by Gasteiger charge is -2.24. The summed E-state index contributed by atoms with van der Waals surface area (Å²) in [6.07, 6.45) is 0.881. The van der Waals surface area contributed by atoms with E-state index in [1.807, 2.05) is 11.8 Å². The maximum Gasteiger partial charge on any atom is 0.219 e. The highest BCUT2D eigenvalue weighted by Gasteiger charge is 2.22. The number of hydrogen-bond donors (Lipinski definition) is 1. The van der Waals surface area contributed by atoms with Crippen molar-refractivity contribution in [2.24, 2.45) is 0 Å². The van der Waals surface area contributed by atoms with E-state index in [4.69, 9.17) is 0 Å². The van der Waals surface area contributed by atoms with Crippen molar-refractivity contribution >= 4 is 29.9 Å². The molecular weight excluding hydrogens is 228 g/mol. The number of nitrogens with zero attached hydrogens (tertiary/aromatic N) is 2. The van der Waals surface area contributed by atoms with Crippen LogP contribution in [0.2, 0.25) is 0 Å². The SMILES string of the molecule is CC(=O)N1CCc2nc(C(C)S)sc2C1. The standard InChI is InChI=1S/C10H14N2OS2/c1-6(14)10-11-8-3-4-12(7(2)13)5-9(8)15-10/h6,14H,3-5H2,1-2H3. The lowest BCUT2D eigenvalue weighted by molar-refractivity contribution is -0.129. The monoisotopic (exact) mass is 242 g/mol. The van der Waals surface area contributed by atoms with Gasteiger partial charge in [0.2, 0.25) is 5.91 Å². The van der Waals surface area contributed by atoms with Gasteiger partial charge >= 0.3 is 0 Å². The van der Waals surface area contributed by atoms with E-state index in [-0.39, 0.29) is 11.2 Å². The summed E-state index contributed by atoms with van der Waals surface area (Å²) >= 11 is 6.06. The molecule has 0 saturated heterocycles. The van der Waals surface area contributed by atoms with E-state index in [0.717, 1.165) is 30.2 Å². The second kappa shape index (κ2) is 4.14. The number of thiol groups is 1. The van der Waals surface area contributed by atoms with Gasteiger partial charge in [0.1, 0.15) is 5.01 Å². The third-order valence-electron chi connectivity index (χ3n) is 2.55. The van der Waals surface area contributed by atoms with E-state index in [1.165, 1.54) is 4.88 Å². The van der Waals surface area contributed by atoms with Crippen LogP contribution in [0.1, 0.15) is 34.7 Å². The van der Waals surface area contributed by atoms with Crippen molar-refractivity contribution in [3.05, 3.63) is 15.6 Å². The summed E-state index contributed by atoms with van der Waals surface area (Å²) in [5, 5.41) is 1.25. The number of fused-ring (bicyclic) bond motifs is 1. The van der Waals surface area contributed by atoms with E-state index in [0.29, 0.717) is 0 Å². The predicted octanol–water partition coefficient (Wildman–Crippen LogP) is 2.04. The Bertz CT molecular complexity index is 387. The zero-order valence-corrected chi connectivity index (χ0v) is 10.6. The second-order valence-corrected chi connectivity index (χ2v) is 5.68. The molecule has 5 heteroatoms. The summed E-state index contributed by atoms with van der Waals surface area (Å²) < 4.78 is 0. The first kappa shape index (κ1) is 11.0. The first-order valence-corrected chi connectivity index (χ1v) is 6.33. The molecule has 0 N–H and O–H groups in total. The Morgan fingerprint density at radius 1 is 1.67 bits per heavy atom. The normalized spacial score (nSPS) is 17.4. The molecule has 1 amide bonds. The lowest BCUT2D eigenvalue weighted by Crippen LogP contribution is -2.33. The first-order chi connectivity index (χ1) is 7.08. The Morgan fingerprint density at radius 2 is 2.40 bits per heavy atom. The van der Waals surface area contributed by atoms with Gasteiger partial charge in [-0.2, -0.15) is 12.6 Å². The molecule has 1 aromatic rings. The Labute approximate surface area is 98.9 Å². The summed E-state index contributed by atoms with van der Waals surface area (Å²) in [4.78, 5) is 18.9. The molecule has 1 aromatic heterocycles. The second-order valence-electron chi connectivity index (χ2n) is 3.79. The van der Waals surface area contributed by atoms with Crippen LogP contribution in [-0.2, 0) is 17.8 Å². The van der Waals surface area contributed by atoms with E-state index in [9.17, 15) is 4.79 Å². The van der Waals surface area contributed by atoms with E-state index >= 15 is 0 Å². The van der Waals surface area contributed by atoms with Crippen LogP contribution >= 0.6 is 24.0 Å². The minimum atomic E-state index is 0.148. The maximum atomic E-state index is 11.2. The van der Waals surface area contributed by atoms with Crippen molar-refractivity contribution < 1.29 is 4.79 Å². The molecule has 0 aromatic carbocycles. The van der Waals surface area contributed by atoms with Crippen LogP contribution in [-0.4, -0.2) is 22.3 Å². The fourth-order valence-corrected chi connectivity index (χ4v) is 2.94. The van der Waals surface area contributed by atoms with Crippen LogP contribution in [0.5, 0.6) is 0 Å². The molecule has 3 nitrogen and oxygen atoms in total. The highest BCUT2D eigenvalue weighted by molar-refractivity contribution is 7.80. The summed E-state index contributed by atoms with van der Waals surface area (Å²) in [5.41, 5.74) is 1.16. The molecule has 1 atom stereocenters. The van der Waals surface area contributed by atoms with Crippen LogP contribution < -0.4 is 0 Å². The van der Waals surface area contributed by atoms with E-state index < -0.39 is 0 Å². The van der Waals surface area contributed by atoms with E-state index in [2.05, 4.69) is 17.6 Å². The number of thiazole rings is 1. The lowest BCUT2D eigenvalue weighted by atomic mass is 10.2. The molecule has 0 bridgehead atoms. The van der Waals surface area contributed by atoms with Crippen molar-refractivity contribution in [1.82, 2.24) is 9.88 Å². The van der Waals surface area contributed by atoms with Gasteiger partial charge in [-0.15, -0.1) is 11.3 Å². The molecule has 0 radical (unpaired) electrons. The number of amides is 1. The largest absolute Gasteiger partial charge is 0.337 e. The Kier molecular flexibility index (Phi) is 3.02. The van der Waals surface area contributed by atoms with Crippen LogP contribution in [0.25, 0.3) is 0 Å². The Balaban J connectivity index is 2.22. The summed E-state index contributed by atoms with van der Waals surface area (Å²) in [6, 6.07) is 0. The van der Waals surface area contributed by atoms with E-state index in [1.54, 1.807) is 18.3 Å². The minimum absolute atomic E-state index is 0.148. The zero-order valence-electron chi connectivity index (χ0n) is 8.86. The van der Waals surface area contributed by atoms with Crippen molar-refractivity contribution in [2.45, 2.75) is 32.1 Å². The Morgan fingerprint density at radius 3 is 3.00 bits per heavy atom. The van der Waals surface area contributed by atoms with Gasteiger partial charge in [0.25, 0.3) is 0 Å². The molecule has 2 rings (SSSR count). The Hall–Kier alpha value is -0.550. The summed E-state index contributed by atoms with van der Waals surface area (Å²) in [6.45, 7) is 5.17. The molecule has 0 aliphatic carbocycles. The van der Waals surface area contributed by atoms with Crippen molar-refractivity contribution in [2.75, 3.05) is 6.54 Å². The highest BCUT2D eigenvalue weighted by Crippen LogP contribution is 2.30. The molecule has 82 valence electrons. The maximum absolute atomic E-state index is 11.2. The molecule has 2 heterocycles. The van der Waals surface area contributed by atoms with Gasteiger partial charge in [0, 0.05) is 24.8 Å². The molecule has 1 aliphatic rings. The van der Waals surface area contributed by atoms with Gasteiger partial charge in [0.05, 0.1) is 17.5 Å². The van der Waals surface area contributed by atoms with Crippen molar-refractivity contribution in [3.63, 3.8) is 0 Å². The minimum Gasteiger partial charge on any atom is -0.337 e. The number of carbonyl (C=O) groups is 1. The van der Waals surface area contributed by atoms with Gasteiger partial charge < -0.3 is 4.90 Å². The first-order valence-electron chi connectivity index (χ1n) is 5.00. The van der Waals surface area contributed by atoms with Gasteiger partial charge in [-0.3, -0.25) is 4.79 Å². The fraction of sp³-hybridized carbons (Fsp3) is 0.600. The quantitative estimate of drug-likeness (QED) is 0.765.